The Hall–Kier alpha value is -4.54. The summed E-state index contributed by atoms with van der Waals surface area (Å²) in [6.07, 6.45) is -0.626. The first-order valence-corrected chi connectivity index (χ1v) is 16.8. The van der Waals surface area contributed by atoms with Crippen LogP contribution >= 0.6 is 0 Å². The SMILES string of the molecule is COC(=O)C(Cc1ccccc1)NC(=O)NCc1ccc(C2OC(CN(C)C(C)c3ccccc3)C(C)C(c3ccc(CO)cc3)O2)cc1. The number of aliphatic hydroxyl groups is 1. The first kappa shape index (κ1) is 35.8. The quantitative estimate of drug-likeness (QED) is 0.145. The second-order valence-electron chi connectivity index (χ2n) is 12.7. The van der Waals surface area contributed by atoms with Crippen LogP contribution in [0.4, 0.5) is 4.79 Å². The van der Waals surface area contributed by atoms with Crippen molar-refractivity contribution in [2.75, 3.05) is 20.7 Å². The summed E-state index contributed by atoms with van der Waals surface area (Å²) in [4.78, 5) is 27.4. The van der Waals surface area contributed by atoms with E-state index in [0.717, 1.165) is 27.8 Å². The summed E-state index contributed by atoms with van der Waals surface area (Å²) < 4.78 is 18.2. The van der Waals surface area contributed by atoms with Crippen molar-refractivity contribution in [1.29, 1.82) is 0 Å². The standard InChI is InChI=1S/C40H47N3O6/c1-27-36(25-43(3)28(2)32-13-9-6-10-14-32)48-39(49-37(27)33-19-17-31(26-44)18-20-33)34-21-15-30(16-22-34)24-41-40(46)42-35(38(45)47-4)23-29-11-7-5-8-12-29/h5-22,27-28,35-37,39,44H,23-26H2,1-4H3,(H2,41,42,46). The molecule has 3 N–H and O–H groups in total. The lowest BCUT2D eigenvalue weighted by molar-refractivity contribution is -0.276. The number of esters is 1. The lowest BCUT2D eigenvalue weighted by Gasteiger charge is -2.43. The molecule has 1 aliphatic heterocycles. The van der Waals surface area contributed by atoms with Gasteiger partial charge in [0.15, 0.2) is 6.29 Å². The Balaban J connectivity index is 1.26. The molecule has 4 aromatic rings. The fourth-order valence-corrected chi connectivity index (χ4v) is 6.13. The van der Waals surface area contributed by atoms with Crippen LogP contribution in [0.15, 0.2) is 109 Å². The number of amides is 2. The van der Waals surface area contributed by atoms with Crippen LogP contribution in [-0.2, 0) is 38.6 Å². The number of methoxy groups -OCH3 is 1. The molecular formula is C40H47N3O6. The molecule has 9 nitrogen and oxygen atoms in total. The molecule has 4 aromatic carbocycles. The van der Waals surface area contributed by atoms with Crippen molar-refractivity contribution in [3.05, 3.63) is 143 Å². The number of aliphatic hydroxyl groups excluding tert-OH is 1. The van der Waals surface area contributed by atoms with E-state index < -0.39 is 24.3 Å². The van der Waals surface area contributed by atoms with E-state index in [0.29, 0.717) is 13.0 Å². The highest BCUT2D eigenvalue weighted by Gasteiger charge is 2.39. The predicted octanol–water partition coefficient (Wildman–Crippen LogP) is 6.25. The van der Waals surface area contributed by atoms with Gasteiger partial charge in [-0.1, -0.05) is 116 Å². The Morgan fingerprint density at radius 3 is 2.08 bits per heavy atom. The second-order valence-corrected chi connectivity index (χ2v) is 12.7. The van der Waals surface area contributed by atoms with Gasteiger partial charge < -0.3 is 30.0 Å². The van der Waals surface area contributed by atoms with Gasteiger partial charge in [0, 0.05) is 37.0 Å². The molecule has 258 valence electrons. The zero-order chi connectivity index (χ0) is 34.8. The molecule has 0 bridgehead atoms. The van der Waals surface area contributed by atoms with E-state index in [1.165, 1.54) is 12.7 Å². The van der Waals surface area contributed by atoms with Gasteiger partial charge in [-0.05, 0) is 41.8 Å². The van der Waals surface area contributed by atoms with E-state index in [-0.39, 0.29) is 37.3 Å². The molecule has 6 unspecified atom stereocenters. The zero-order valence-corrected chi connectivity index (χ0v) is 28.6. The molecular weight excluding hydrogens is 618 g/mol. The van der Waals surface area contributed by atoms with Crippen LogP contribution in [0.1, 0.15) is 65.7 Å². The topological polar surface area (TPSA) is 109 Å². The minimum atomic E-state index is -0.812. The molecule has 0 aromatic heterocycles. The number of carbonyl (C=O) groups is 2. The Morgan fingerprint density at radius 1 is 0.837 bits per heavy atom. The van der Waals surface area contributed by atoms with E-state index in [1.807, 2.05) is 84.9 Å². The van der Waals surface area contributed by atoms with Crippen LogP contribution < -0.4 is 10.6 Å². The van der Waals surface area contributed by atoms with Gasteiger partial charge in [0.2, 0.25) is 0 Å². The average Bonchev–Trinajstić information content (AvgIpc) is 3.15. The van der Waals surface area contributed by atoms with Crippen molar-refractivity contribution in [1.82, 2.24) is 15.5 Å². The summed E-state index contributed by atoms with van der Waals surface area (Å²) in [5.74, 6) is -0.453. The third kappa shape index (κ3) is 9.55. The van der Waals surface area contributed by atoms with Crippen molar-refractivity contribution >= 4 is 12.0 Å². The van der Waals surface area contributed by atoms with Gasteiger partial charge in [0.05, 0.1) is 25.9 Å². The number of benzene rings is 4. The van der Waals surface area contributed by atoms with E-state index in [9.17, 15) is 14.7 Å². The summed E-state index contributed by atoms with van der Waals surface area (Å²) >= 11 is 0. The van der Waals surface area contributed by atoms with E-state index in [2.05, 4.69) is 60.7 Å². The third-order valence-corrected chi connectivity index (χ3v) is 9.31. The summed E-state index contributed by atoms with van der Waals surface area (Å²) in [5, 5.41) is 15.2. The van der Waals surface area contributed by atoms with Crippen LogP contribution in [0.5, 0.6) is 0 Å². The fourth-order valence-electron chi connectivity index (χ4n) is 6.13. The van der Waals surface area contributed by atoms with Crippen molar-refractivity contribution in [3.63, 3.8) is 0 Å². The number of urea groups is 1. The summed E-state index contributed by atoms with van der Waals surface area (Å²) in [6.45, 7) is 5.32. The van der Waals surface area contributed by atoms with Crippen LogP contribution in [-0.4, -0.2) is 54.9 Å². The molecule has 6 atom stereocenters. The second kappa shape index (κ2) is 17.2. The number of likely N-dealkylation sites (N-methyl/N-ethyl adjacent to an activating group) is 1. The molecule has 1 saturated heterocycles. The van der Waals surface area contributed by atoms with Crippen molar-refractivity contribution in [2.45, 2.75) is 64.0 Å². The molecule has 49 heavy (non-hydrogen) atoms. The highest BCUT2D eigenvalue weighted by Crippen LogP contribution is 2.42. The fraction of sp³-hybridized carbons (Fsp3) is 0.350. The number of carbonyl (C=O) groups excluding carboxylic acids is 2. The molecule has 0 saturated carbocycles. The first-order valence-electron chi connectivity index (χ1n) is 16.8. The molecule has 0 spiro atoms. The summed E-state index contributed by atoms with van der Waals surface area (Å²) in [7, 11) is 3.43. The van der Waals surface area contributed by atoms with E-state index in [4.69, 9.17) is 14.2 Å². The van der Waals surface area contributed by atoms with E-state index in [1.54, 1.807) is 0 Å². The number of hydrogen-bond donors (Lipinski definition) is 3. The van der Waals surface area contributed by atoms with Crippen LogP contribution in [0, 0.1) is 5.92 Å². The first-order chi connectivity index (χ1) is 23.7. The van der Waals surface area contributed by atoms with Gasteiger partial charge in [-0.15, -0.1) is 0 Å². The highest BCUT2D eigenvalue weighted by atomic mass is 16.7. The lowest BCUT2D eigenvalue weighted by atomic mass is 9.89. The monoisotopic (exact) mass is 665 g/mol. The Morgan fingerprint density at radius 2 is 1.45 bits per heavy atom. The molecule has 0 radical (unpaired) electrons. The number of hydrogen-bond acceptors (Lipinski definition) is 7. The van der Waals surface area contributed by atoms with Crippen molar-refractivity contribution in [2.24, 2.45) is 5.92 Å². The van der Waals surface area contributed by atoms with Crippen molar-refractivity contribution in [3.8, 4) is 0 Å². The maximum atomic E-state index is 12.8. The van der Waals surface area contributed by atoms with Crippen LogP contribution in [0.2, 0.25) is 0 Å². The Kier molecular flexibility index (Phi) is 12.6. The largest absolute Gasteiger partial charge is 0.467 e. The molecule has 1 heterocycles. The zero-order valence-electron chi connectivity index (χ0n) is 28.6. The molecule has 1 fully saturated rings. The van der Waals surface area contributed by atoms with Crippen LogP contribution in [0.3, 0.4) is 0 Å². The minimum Gasteiger partial charge on any atom is -0.467 e. The van der Waals surface area contributed by atoms with Gasteiger partial charge in [-0.3, -0.25) is 4.90 Å². The average molecular weight is 666 g/mol. The van der Waals surface area contributed by atoms with E-state index >= 15 is 0 Å². The van der Waals surface area contributed by atoms with Gasteiger partial charge in [0.25, 0.3) is 0 Å². The number of nitrogens with one attached hydrogen (secondary N) is 2. The smallest absolute Gasteiger partial charge is 0.328 e. The summed E-state index contributed by atoms with van der Waals surface area (Å²) in [5.41, 5.74) is 5.79. The van der Waals surface area contributed by atoms with Gasteiger partial charge >= 0.3 is 12.0 Å². The predicted molar refractivity (Wildman–Crippen MR) is 188 cm³/mol. The molecule has 5 rings (SSSR count). The van der Waals surface area contributed by atoms with Gasteiger partial charge in [-0.25, -0.2) is 9.59 Å². The number of nitrogens with zero attached hydrogens (tertiary/aromatic N) is 1. The molecule has 9 heteroatoms. The minimum absolute atomic E-state index is 0.0136. The maximum absolute atomic E-state index is 12.8. The highest BCUT2D eigenvalue weighted by molar-refractivity contribution is 5.83. The Labute approximate surface area is 289 Å². The Bertz CT molecular complexity index is 1620. The molecule has 1 aliphatic rings. The number of ether oxygens (including phenoxy) is 3. The third-order valence-electron chi connectivity index (χ3n) is 9.31. The maximum Gasteiger partial charge on any atom is 0.328 e. The summed E-state index contributed by atoms with van der Waals surface area (Å²) in [6, 6.07) is 34.5. The lowest BCUT2D eigenvalue weighted by Crippen LogP contribution is -2.47. The van der Waals surface area contributed by atoms with Crippen molar-refractivity contribution < 1.29 is 28.9 Å². The molecule has 0 aliphatic carbocycles. The normalized spacial score (nSPS) is 20.3. The van der Waals surface area contributed by atoms with Crippen LogP contribution in [0.25, 0.3) is 0 Å². The number of rotatable bonds is 13. The molecule has 2 amide bonds. The van der Waals surface area contributed by atoms with Gasteiger partial charge in [0.1, 0.15) is 6.04 Å². The van der Waals surface area contributed by atoms with Gasteiger partial charge in [-0.2, -0.15) is 0 Å².